The number of amides is 1. The highest BCUT2D eigenvalue weighted by Gasteiger charge is 2.17. The van der Waals surface area contributed by atoms with Gasteiger partial charge in [-0.1, -0.05) is 30.7 Å². The summed E-state index contributed by atoms with van der Waals surface area (Å²) in [5, 5.41) is 11.6. The van der Waals surface area contributed by atoms with Gasteiger partial charge in [0.1, 0.15) is 6.33 Å². The van der Waals surface area contributed by atoms with Crippen molar-refractivity contribution < 1.29 is 4.79 Å². The molecular formula is C19H20ClN5O. The molecule has 0 aliphatic rings. The smallest absolute Gasteiger partial charge is 0.251 e. The van der Waals surface area contributed by atoms with E-state index in [1.807, 2.05) is 35.8 Å². The minimum atomic E-state index is -0.242. The average molecular weight is 370 g/mol. The monoisotopic (exact) mass is 369 g/mol. The molecule has 2 aromatic heterocycles. The standard InChI is InChI=1S/C19H20ClN5O/c1-3-9-25-12-22-24-18(25)13(2)23-19(26)15-6-4-5-14(10-15)17-8-7-16(20)11-21-17/h4-8,10-13H,3,9H2,1-2H3,(H,23,26)/t13-/m0/s1. The topological polar surface area (TPSA) is 72.7 Å². The van der Waals surface area contributed by atoms with E-state index >= 15 is 0 Å². The molecule has 0 spiro atoms. The molecule has 0 saturated carbocycles. The predicted molar refractivity (Wildman–Crippen MR) is 101 cm³/mol. The van der Waals surface area contributed by atoms with Crippen LogP contribution in [0.2, 0.25) is 5.02 Å². The van der Waals surface area contributed by atoms with Gasteiger partial charge in [0.2, 0.25) is 0 Å². The summed E-state index contributed by atoms with van der Waals surface area (Å²) < 4.78 is 1.96. The van der Waals surface area contributed by atoms with Crippen molar-refractivity contribution in [3.63, 3.8) is 0 Å². The van der Waals surface area contributed by atoms with Gasteiger partial charge in [0, 0.05) is 23.9 Å². The fourth-order valence-corrected chi connectivity index (χ4v) is 2.84. The van der Waals surface area contributed by atoms with Crippen molar-refractivity contribution in [2.45, 2.75) is 32.9 Å². The number of aromatic nitrogens is 4. The zero-order valence-electron chi connectivity index (χ0n) is 14.7. The summed E-state index contributed by atoms with van der Waals surface area (Å²) in [7, 11) is 0. The second-order valence-electron chi connectivity index (χ2n) is 6.02. The molecule has 134 valence electrons. The Morgan fingerprint density at radius 1 is 1.31 bits per heavy atom. The van der Waals surface area contributed by atoms with Gasteiger partial charge in [0.15, 0.2) is 5.82 Å². The van der Waals surface area contributed by atoms with Crippen LogP contribution in [0.5, 0.6) is 0 Å². The maximum Gasteiger partial charge on any atom is 0.251 e. The number of rotatable bonds is 6. The normalized spacial score (nSPS) is 12.0. The summed E-state index contributed by atoms with van der Waals surface area (Å²) in [5.41, 5.74) is 2.18. The zero-order chi connectivity index (χ0) is 18.5. The number of hydrogen-bond donors (Lipinski definition) is 1. The lowest BCUT2D eigenvalue weighted by Crippen LogP contribution is -2.28. The highest BCUT2D eigenvalue weighted by molar-refractivity contribution is 6.30. The van der Waals surface area contributed by atoms with E-state index in [9.17, 15) is 4.79 Å². The SMILES string of the molecule is CCCn1cnnc1[C@H](C)NC(=O)c1cccc(-c2ccc(Cl)cn2)c1. The molecule has 3 rings (SSSR count). The van der Waals surface area contributed by atoms with Crippen LogP contribution in [0.3, 0.4) is 0 Å². The van der Waals surface area contributed by atoms with Gasteiger partial charge in [-0.15, -0.1) is 10.2 Å². The highest BCUT2D eigenvalue weighted by atomic mass is 35.5. The Kier molecular flexibility index (Phi) is 5.63. The van der Waals surface area contributed by atoms with E-state index in [1.165, 1.54) is 0 Å². The molecule has 1 atom stereocenters. The number of hydrogen-bond acceptors (Lipinski definition) is 4. The average Bonchev–Trinajstić information content (AvgIpc) is 3.11. The first-order valence-electron chi connectivity index (χ1n) is 8.49. The third kappa shape index (κ3) is 4.08. The molecule has 1 aromatic carbocycles. The Hall–Kier alpha value is -2.73. The molecular weight excluding hydrogens is 350 g/mol. The maximum absolute atomic E-state index is 12.6. The summed E-state index contributed by atoms with van der Waals surface area (Å²) in [6.45, 7) is 4.81. The van der Waals surface area contributed by atoms with Crippen molar-refractivity contribution >= 4 is 17.5 Å². The first-order valence-corrected chi connectivity index (χ1v) is 8.87. The minimum Gasteiger partial charge on any atom is -0.342 e. The number of benzene rings is 1. The molecule has 2 heterocycles. The van der Waals surface area contributed by atoms with E-state index in [1.54, 1.807) is 24.7 Å². The lowest BCUT2D eigenvalue weighted by atomic mass is 10.1. The van der Waals surface area contributed by atoms with Crippen molar-refractivity contribution in [3.8, 4) is 11.3 Å². The largest absolute Gasteiger partial charge is 0.342 e. The van der Waals surface area contributed by atoms with E-state index in [-0.39, 0.29) is 11.9 Å². The van der Waals surface area contributed by atoms with Crippen LogP contribution in [0.25, 0.3) is 11.3 Å². The number of carbonyl (C=O) groups is 1. The number of aryl methyl sites for hydroxylation is 1. The van der Waals surface area contributed by atoms with Crippen LogP contribution in [0, 0.1) is 0 Å². The molecule has 0 saturated heterocycles. The fraction of sp³-hybridized carbons (Fsp3) is 0.263. The van der Waals surface area contributed by atoms with Crippen LogP contribution in [0.1, 0.15) is 42.5 Å². The second-order valence-corrected chi connectivity index (χ2v) is 6.46. The molecule has 0 bridgehead atoms. The molecule has 0 aliphatic heterocycles. The molecule has 0 radical (unpaired) electrons. The Labute approximate surface area is 157 Å². The van der Waals surface area contributed by atoms with Gasteiger partial charge in [-0.2, -0.15) is 0 Å². The summed E-state index contributed by atoms with van der Waals surface area (Å²) in [6, 6.07) is 10.7. The van der Waals surface area contributed by atoms with E-state index in [0.717, 1.165) is 30.0 Å². The van der Waals surface area contributed by atoms with Gasteiger partial charge >= 0.3 is 0 Å². The molecule has 0 fully saturated rings. The van der Waals surface area contributed by atoms with Crippen LogP contribution < -0.4 is 5.32 Å². The van der Waals surface area contributed by atoms with Crippen molar-refractivity contribution in [1.82, 2.24) is 25.1 Å². The Morgan fingerprint density at radius 3 is 2.88 bits per heavy atom. The van der Waals surface area contributed by atoms with Crippen LogP contribution in [0.4, 0.5) is 0 Å². The lowest BCUT2D eigenvalue weighted by molar-refractivity contribution is 0.0937. The third-order valence-electron chi connectivity index (χ3n) is 3.99. The molecule has 6 nitrogen and oxygen atoms in total. The van der Waals surface area contributed by atoms with Crippen molar-refractivity contribution in [2.75, 3.05) is 0 Å². The molecule has 1 amide bonds. The molecule has 1 N–H and O–H groups in total. The predicted octanol–water partition coefficient (Wildman–Crippen LogP) is 3.89. The summed E-state index contributed by atoms with van der Waals surface area (Å²) in [5.74, 6) is 0.579. The van der Waals surface area contributed by atoms with Gasteiger partial charge in [-0.05, 0) is 37.6 Å². The molecule has 7 heteroatoms. The third-order valence-corrected chi connectivity index (χ3v) is 4.22. The van der Waals surface area contributed by atoms with Gasteiger partial charge in [0.05, 0.1) is 16.8 Å². The lowest BCUT2D eigenvalue weighted by Gasteiger charge is -2.15. The van der Waals surface area contributed by atoms with Crippen LogP contribution >= 0.6 is 11.6 Å². The van der Waals surface area contributed by atoms with Gasteiger partial charge in [0.25, 0.3) is 5.91 Å². The van der Waals surface area contributed by atoms with Gasteiger partial charge in [-0.25, -0.2) is 0 Å². The minimum absolute atomic E-state index is 0.167. The van der Waals surface area contributed by atoms with E-state index in [0.29, 0.717) is 10.6 Å². The fourth-order valence-electron chi connectivity index (χ4n) is 2.72. The Bertz CT molecular complexity index is 891. The van der Waals surface area contributed by atoms with Crippen molar-refractivity contribution in [2.24, 2.45) is 0 Å². The Balaban J connectivity index is 1.76. The number of halogens is 1. The number of nitrogens with one attached hydrogen (secondary N) is 1. The van der Waals surface area contributed by atoms with Crippen molar-refractivity contribution in [3.05, 3.63) is 65.3 Å². The first kappa shape index (κ1) is 18.1. The second kappa shape index (κ2) is 8.10. The summed E-state index contributed by atoms with van der Waals surface area (Å²) in [6.07, 6.45) is 4.25. The van der Waals surface area contributed by atoms with Crippen LogP contribution in [0.15, 0.2) is 48.9 Å². The van der Waals surface area contributed by atoms with E-state index in [2.05, 4.69) is 27.4 Å². The molecule has 3 aromatic rings. The first-order chi connectivity index (χ1) is 12.6. The van der Waals surface area contributed by atoms with Crippen molar-refractivity contribution in [1.29, 1.82) is 0 Å². The zero-order valence-corrected chi connectivity index (χ0v) is 15.4. The maximum atomic E-state index is 12.6. The molecule has 26 heavy (non-hydrogen) atoms. The van der Waals surface area contributed by atoms with Crippen LogP contribution in [-0.2, 0) is 6.54 Å². The number of nitrogens with zero attached hydrogens (tertiary/aromatic N) is 4. The summed E-state index contributed by atoms with van der Waals surface area (Å²) in [4.78, 5) is 16.9. The van der Waals surface area contributed by atoms with E-state index in [4.69, 9.17) is 11.6 Å². The highest BCUT2D eigenvalue weighted by Crippen LogP contribution is 2.20. The molecule has 0 unspecified atom stereocenters. The Morgan fingerprint density at radius 2 is 2.15 bits per heavy atom. The summed E-state index contributed by atoms with van der Waals surface area (Å²) >= 11 is 5.88. The van der Waals surface area contributed by atoms with Crippen LogP contribution in [-0.4, -0.2) is 25.7 Å². The van der Waals surface area contributed by atoms with E-state index < -0.39 is 0 Å². The van der Waals surface area contributed by atoms with Gasteiger partial charge in [-0.3, -0.25) is 9.78 Å². The number of carbonyl (C=O) groups excluding carboxylic acids is 1. The van der Waals surface area contributed by atoms with Gasteiger partial charge < -0.3 is 9.88 Å². The molecule has 0 aliphatic carbocycles. The number of pyridine rings is 1. The quantitative estimate of drug-likeness (QED) is 0.715.